The van der Waals surface area contributed by atoms with Crippen LogP contribution in [0.25, 0.3) is 0 Å². The van der Waals surface area contributed by atoms with Gasteiger partial charge in [0.2, 0.25) is 0 Å². The van der Waals surface area contributed by atoms with Gasteiger partial charge in [0.15, 0.2) is 5.96 Å². The van der Waals surface area contributed by atoms with E-state index < -0.39 is 0 Å². The first-order valence-electron chi connectivity index (χ1n) is 9.38. The summed E-state index contributed by atoms with van der Waals surface area (Å²) >= 11 is 3.37. The van der Waals surface area contributed by atoms with Crippen molar-refractivity contribution in [2.24, 2.45) is 10.9 Å². The summed E-state index contributed by atoms with van der Waals surface area (Å²) in [6.45, 7) is 1.07. The highest BCUT2D eigenvalue weighted by Gasteiger charge is 2.14. The maximum atomic E-state index is 14.0. The van der Waals surface area contributed by atoms with Gasteiger partial charge in [-0.1, -0.05) is 41.3 Å². The molecule has 0 bridgehead atoms. The third-order valence-electron chi connectivity index (χ3n) is 4.81. The molecule has 1 aliphatic rings. The monoisotopic (exact) mass is 433 g/mol. The Bertz CT molecular complexity index is 791. The summed E-state index contributed by atoms with van der Waals surface area (Å²) in [5.74, 6) is 1.14. The summed E-state index contributed by atoms with van der Waals surface area (Å²) < 4.78 is 14.8. The van der Waals surface area contributed by atoms with Crippen LogP contribution in [0.2, 0.25) is 0 Å². The molecule has 0 amide bonds. The molecule has 2 aromatic rings. The average molecular weight is 434 g/mol. The first-order valence-corrected chi connectivity index (χ1v) is 10.2. The van der Waals surface area contributed by atoms with Crippen molar-refractivity contribution in [1.29, 1.82) is 0 Å². The Labute approximate surface area is 168 Å². The zero-order valence-corrected chi connectivity index (χ0v) is 16.8. The van der Waals surface area contributed by atoms with Crippen LogP contribution < -0.4 is 10.6 Å². The number of hydrogen-bond donors (Lipinski definition) is 3. The Hall–Kier alpha value is -2.08. The van der Waals surface area contributed by atoms with Crippen LogP contribution in [0.1, 0.15) is 37.7 Å². The van der Waals surface area contributed by atoms with E-state index in [1.54, 1.807) is 30.3 Å². The molecular weight excluding hydrogens is 409 g/mol. The zero-order chi connectivity index (χ0) is 19.1. The van der Waals surface area contributed by atoms with Gasteiger partial charge in [0, 0.05) is 28.3 Å². The van der Waals surface area contributed by atoms with Crippen molar-refractivity contribution < 1.29 is 9.50 Å². The molecule has 3 rings (SSSR count). The second kappa shape index (κ2) is 9.74. The van der Waals surface area contributed by atoms with Crippen molar-refractivity contribution in [1.82, 2.24) is 5.32 Å². The van der Waals surface area contributed by atoms with Crippen LogP contribution in [-0.4, -0.2) is 17.6 Å². The lowest BCUT2D eigenvalue weighted by molar-refractivity contribution is 0.356. The van der Waals surface area contributed by atoms with E-state index in [1.807, 2.05) is 6.07 Å². The molecule has 2 aromatic carbocycles. The Balaban J connectivity index is 1.71. The van der Waals surface area contributed by atoms with Crippen LogP contribution in [0.4, 0.5) is 10.1 Å². The molecule has 27 heavy (non-hydrogen) atoms. The molecule has 0 aromatic heterocycles. The van der Waals surface area contributed by atoms with E-state index in [0.717, 1.165) is 16.7 Å². The minimum Gasteiger partial charge on any atom is -0.508 e. The van der Waals surface area contributed by atoms with Gasteiger partial charge < -0.3 is 15.7 Å². The largest absolute Gasteiger partial charge is 0.508 e. The van der Waals surface area contributed by atoms with Crippen molar-refractivity contribution in [2.45, 2.75) is 38.6 Å². The summed E-state index contributed by atoms with van der Waals surface area (Å²) in [6.07, 6.45) is 6.34. The minimum absolute atomic E-state index is 0.185. The van der Waals surface area contributed by atoms with Gasteiger partial charge in [0.1, 0.15) is 11.6 Å². The molecule has 1 fully saturated rings. The second-order valence-corrected chi connectivity index (χ2v) is 7.88. The van der Waals surface area contributed by atoms with Crippen molar-refractivity contribution in [3.05, 3.63) is 58.3 Å². The summed E-state index contributed by atoms with van der Waals surface area (Å²) in [4.78, 5) is 4.56. The molecular formula is C21H25BrFN3O. The summed E-state index contributed by atoms with van der Waals surface area (Å²) in [5, 5.41) is 16.3. The quantitative estimate of drug-likeness (QED) is 0.435. The van der Waals surface area contributed by atoms with Crippen molar-refractivity contribution >= 4 is 27.6 Å². The topological polar surface area (TPSA) is 56.6 Å². The van der Waals surface area contributed by atoms with Gasteiger partial charge in [-0.3, -0.25) is 0 Å². The van der Waals surface area contributed by atoms with Crippen LogP contribution in [0, 0.1) is 11.7 Å². The molecule has 0 heterocycles. The number of benzene rings is 2. The predicted octanol–water partition coefficient (Wildman–Crippen LogP) is 5.43. The molecule has 1 aliphatic carbocycles. The number of halogens is 2. The molecule has 1 saturated carbocycles. The van der Waals surface area contributed by atoms with Crippen LogP contribution in [0.5, 0.6) is 5.75 Å². The lowest BCUT2D eigenvalue weighted by Gasteiger charge is -2.23. The van der Waals surface area contributed by atoms with Crippen molar-refractivity contribution in [3.8, 4) is 5.75 Å². The van der Waals surface area contributed by atoms with E-state index in [-0.39, 0.29) is 18.1 Å². The Kier molecular flexibility index (Phi) is 7.10. The van der Waals surface area contributed by atoms with Gasteiger partial charge in [-0.2, -0.15) is 0 Å². The number of nitrogens with one attached hydrogen (secondary N) is 2. The van der Waals surface area contributed by atoms with E-state index in [1.165, 1.54) is 38.2 Å². The number of aliphatic imine (C=N–C) groups is 1. The molecule has 144 valence electrons. The molecule has 0 radical (unpaired) electrons. The van der Waals surface area contributed by atoms with E-state index in [4.69, 9.17) is 0 Å². The maximum absolute atomic E-state index is 14.0. The third-order valence-corrected chi connectivity index (χ3v) is 5.30. The number of phenols is 1. The maximum Gasteiger partial charge on any atom is 0.196 e. The third kappa shape index (κ3) is 6.24. The number of phenolic OH excluding ortho intramolecular Hbond substituents is 1. The fraction of sp³-hybridized carbons (Fsp3) is 0.381. The van der Waals surface area contributed by atoms with Gasteiger partial charge in [-0.05, 0) is 49.1 Å². The SMILES string of the molecule is Oc1cccc(NC(=NCc2cc(Br)ccc2F)NCC2CCCCC2)c1. The number of guanidine groups is 1. The second-order valence-electron chi connectivity index (χ2n) is 6.96. The molecule has 0 aliphatic heterocycles. The highest BCUT2D eigenvalue weighted by Crippen LogP contribution is 2.23. The predicted molar refractivity (Wildman–Crippen MR) is 112 cm³/mol. The molecule has 0 spiro atoms. The highest BCUT2D eigenvalue weighted by atomic mass is 79.9. The van der Waals surface area contributed by atoms with Crippen LogP contribution in [0.3, 0.4) is 0 Å². The number of anilines is 1. The number of rotatable bonds is 5. The summed E-state index contributed by atoms with van der Waals surface area (Å²) in [5.41, 5.74) is 1.26. The fourth-order valence-corrected chi connectivity index (χ4v) is 3.73. The molecule has 0 saturated heterocycles. The molecule has 4 nitrogen and oxygen atoms in total. The first-order chi connectivity index (χ1) is 13.1. The summed E-state index contributed by atoms with van der Waals surface area (Å²) in [6, 6.07) is 11.7. The molecule has 6 heteroatoms. The zero-order valence-electron chi connectivity index (χ0n) is 15.2. The smallest absolute Gasteiger partial charge is 0.196 e. The van der Waals surface area contributed by atoms with Gasteiger partial charge in [-0.15, -0.1) is 0 Å². The Morgan fingerprint density at radius 3 is 2.74 bits per heavy atom. The Morgan fingerprint density at radius 1 is 1.15 bits per heavy atom. The van der Waals surface area contributed by atoms with Crippen LogP contribution in [0.15, 0.2) is 51.9 Å². The van der Waals surface area contributed by atoms with E-state index >= 15 is 0 Å². The van der Waals surface area contributed by atoms with Crippen molar-refractivity contribution in [2.75, 3.05) is 11.9 Å². The average Bonchev–Trinajstić information content (AvgIpc) is 2.67. The number of aromatic hydroxyl groups is 1. The highest BCUT2D eigenvalue weighted by molar-refractivity contribution is 9.10. The number of hydrogen-bond acceptors (Lipinski definition) is 2. The van der Waals surface area contributed by atoms with Gasteiger partial charge in [0.05, 0.1) is 6.54 Å². The van der Waals surface area contributed by atoms with E-state index in [9.17, 15) is 9.50 Å². The van der Waals surface area contributed by atoms with Crippen molar-refractivity contribution in [3.63, 3.8) is 0 Å². The lowest BCUT2D eigenvalue weighted by atomic mass is 9.89. The fourth-order valence-electron chi connectivity index (χ4n) is 3.32. The number of nitrogens with zero attached hydrogens (tertiary/aromatic N) is 1. The summed E-state index contributed by atoms with van der Waals surface area (Å²) in [7, 11) is 0. The van der Waals surface area contributed by atoms with Crippen LogP contribution >= 0.6 is 15.9 Å². The van der Waals surface area contributed by atoms with Gasteiger partial charge >= 0.3 is 0 Å². The lowest BCUT2D eigenvalue weighted by Crippen LogP contribution is -2.35. The standard InChI is InChI=1S/C21H25BrFN3O/c22-17-9-10-20(23)16(11-17)14-25-21(24-13-15-5-2-1-3-6-15)26-18-7-4-8-19(27)12-18/h4,7-12,15,27H,1-3,5-6,13-14H2,(H2,24,25,26). The minimum atomic E-state index is -0.272. The molecule has 0 unspecified atom stereocenters. The van der Waals surface area contributed by atoms with Gasteiger partial charge in [-0.25, -0.2) is 9.38 Å². The normalized spacial score (nSPS) is 15.6. The molecule has 3 N–H and O–H groups in total. The van der Waals surface area contributed by atoms with E-state index in [2.05, 4.69) is 31.6 Å². The van der Waals surface area contributed by atoms with Gasteiger partial charge in [0.25, 0.3) is 0 Å². The molecule has 0 atom stereocenters. The van der Waals surface area contributed by atoms with E-state index in [0.29, 0.717) is 17.4 Å². The van der Waals surface area contributed by atoms with Crippen LogP contribution in [-0.2, 0) is 6.54 Å². The first kappa shape index (κ1) is 19.7. The Morgan fingerprint density at radius 2 is 1.96 bits per heavy atom.